The molecule has 0 saturated carbocycles. The average Bonchev–Trinajstić information content (AvgIpc) is 2.90. The van der Waals surface area contributed by atoms with Crippen LogP contribution in [0.1, 0.15) is 18.9 Å². The van der Waals surface area contributed by atoms with Crippen LogP contribution in [0.25, 0.3) is 16.3 Å². The number of hydrogen-bond acceptors (Lipinski definition) is 7. The fourth-order valence-electron chi connectivity index (χ4n) is 1.38. The lowest BCUT2D eigenvalue weighted by Crippen LogP contribution is -2.06. The number of para-hydroxylation sites is 1. The van der Waals surface area contributed by atoms with Crippen LogP contribution in [0.4, 0.5) is 0 Å². The van der Waals surface area contributed by atoms with E-state index >= 15 is 0 Å². The van der Waals surface area contributed by atoms with E-state index in [0.29, 0.717) is 0 Å². The molecule has 0 aliphatic heterocycles. The Morgan fingerprint density at radius 1 is 1.32 bits per heavy atom. The van der Waals surface area contributed by atoms with Gasteiger partial charge in [-0.05, 0) is 26.0 Å². The van der Waals surface area contributed by atoms with Crippen LogP contribution < -0.4 is 0 Å². The van der Waals surface area contributed by atoms with Gasteiger partial charge in [0.1, 0.15) is 5.01 Å². The maximum Gasteiger partial charge on any atom is 0.399 e. The molecule has 2 rings (SSSR count). The zero-order valence-electron chi connectivity index (χ0n) is 12.9. The van der Waals surface area contributed by atoms with Crippen LogP contribution in [0, 0.1) is 0 Å². The first kappa shape index (κ1) is 18.6. The molecule has 0 atom stereocenters. The van der Waals surface area contributed by atoms with Crippen molar-refractivity contribution in [3.8, 4) is 0 Å². The molecular formula is C14H19NO5S2. The van der Waals surface area contributed by atoms with E-state index in [9.17, 15) is 8.42 Å². The summed E-state index contributed by atoms with van der Waals surface area (Å²) in [7, 11) is -0.957. The summed E-state index contributed by atoms with van der Waals surface area (Å²) < 4.78 is 34.7. The molecule has 0 amide bonds. The highest BCUT2D eigenvalue weighted by molar-refractivity contribution is 7.81. The van der Waals surface area contributed by atoms with Crippen molar-refractivity contribution in [2.75, 3.05) is 20.8 Å². The van der Waals surface area contributed by atoms with Gasteiger partial charge < -0.3 is 4.74 Å². The minimum Gasteiger partial charge on any atom is -0.501 e. The van der Waals surface area contributed by atoms with E-state index in [-0.39, 0.29) is 6.61 Å². The number of fused-ring (bicyclic) bond motifs is 1. The highest BCUT2D eigenvalue weighted by Crippen LogP contribution is 2.23. The normalized spacial score (nSPS) is 11.9. The molecule has 0 saturated heterocycles. The van der Waals surface area contributed by atoms with Gasteiger partial charge in [0.05, 0.1) is 36.8 Å². The van der Waals surface area contributed by atoms with Crippen LogP contribution in [0.2, 0.25) is 0 Å². The Hall–Kier alpha value is -1.48. The van der Waals surface area contributed by atoms with E-state index < -0.39 is 10.4 Å². The van der Waals surface area contributed by atoms with E-state index in [1.54, 1.807) is 25.4 Å². The van der Waals surface area contributed by atoms with Gasteiger partial charge in [-0.3, -0.25) is 4.18 Å². The Morgan fingerprint density at radius 3 is 2.50 bits per heavy atom. The van der Waals surface area contributed by atoms with Gasteiger partial charge in [0, 0.05) is 6.08 Å². The lowest BCUT2D eigenvalue weighted by Gasteiger charge is -1.95. The molecule has 6 nitrogen and oxygen atoms in total. The van der Waals surface area contributed by atoms with E-state index in [1.807, 2.05) is 31.2 Å². The third kappa shape index (κ3) is 6.10. The molecule has 8 heteroatoms. The topological polar surface area (TPSA) is 74.7 Å². The lowest BCUT2D eigenvalue weighted by molar-refractivity contribution is 0.254. The summed E-state index contributed by atoms with van der Waals surface area (Å²) >= 11 is 1.67. The summed E-state index contributed by atoms with van der Waals surface area (Å²) in [5.74, 6) is 0.879. The number of methoxy groups -OCH3 is 1. The zero-order valence-corrected chi connectivity index (χ0v) is 14.5. The van der Waals surface area contributed by atoms with Gasteiger partial charge in [0.15, 0.2) is 0 Å². The monoisotopic (exact) mass is 345 g/mol. The van der Waals surface area contributed by atoms with Gasteiger partial charge >= 0.3 is 10.4 Å². The van der Waals surface area contributed by atoms with Gasteiger partial charge in [-0.15, -0.1) is 11.3 Å². The second-order valence-corrected chi connectivity index (χ2v) is 6.41. The second kappa shape index (κ2) is 8.84. The molecule has 0 radical (unpaired) electrons. The SMILES string of the molecule is CCOS(=O)(=O)OC.COC(C)=Cc1nc2ccccc2s1. The lowest BCUT2D eigenvalue weighted by atomic mass is 10.3. The first-order valence-electron chi connectivity index (χ1n) is 6.44. The molecule has 0 aliphatic rings. The quantitative estimate of drug-likeness (QED) is 0.775. The van der Waals surface area contributed by atoms with E-state index in [2.05, 4.69) is 19.4 Å². The van der Waals surface area contributed by atoms with Crippen molar-refractivity contribution in [1.29, 1.82) is 0 Å². The molecule has 1 aromatic carbocycles. The predicted molar refractivity (Wildman–Crippen MR) is 87.8 cm³/mol. The van der Waals surface area contributed by atoms with Crippen LogP contribution in [0.3, 0.4) is 0 Å². The molecule has 0 spiro atoms. The summed E-state index contributed by atoms with van der Waals surface area (Å²) in [5.41, 5.74) is 1.05. The number of thiazole rings is 1. The van der Waals surface area contributed by atoms with Crippen LogP contribution in [0.15, 0.2) is 30.0 Å². The number of rotatable bonds is 5. The van der Waals surface area contributed by atoms with Gasteiger partial charge in [-0.25, -0.2) is 9.17 Å². The molecule has 0 fully saturated rings. The van der Waals surface area contributed by atoms with Crippen molar-refractivity contribution >= 4 is 38.0 Å². The van der Waals surface area contributed by atoms with Crippen molar-refractivity contribution in [2.24, 2.45) is 0 Å². The molecule has 22 heavy (non-hydrogen) atoms. The van der Waals surface area contributed by atoms with Gasteiger partial charge in [-0.1, -0.05) is 12.1 Å². The van der Waals surface area contributed by atoms with Crippen molar-refractivity contribution in [3.05, 3.63) is 35.0 Å². The smallest absolute Gasteiger partial charge is 0.399 e. The Morgan fingerprint density at radius 2 is 2.00 bits per heavy atom. The largest absolute Gasteiger partial charge is 0.501 e. The van der Waals surface area contributed by atoms with E-state index in [4.69, 9.17) is 4.74 Å². The Bertz CT molecular complexity index is 689. The highest BCUT2D eigenvalue weighted by Gasteiger charge is 2.04. The zero-order chi connectivity index (χ0) is 16.6. The van der Waals surface area contributed by atoms with Gasteiger partial charge in [0.25, 0.3) is 0 Å². The Kier molecular flexibility index (Phi) is 7.46. The minimum absolute atomic E-state index is 0.107. The highest BCUT2D eigenvalue weighted by atomic mass is 32.3. The number of ether oxygens (including phenoxy) is 1. The molecule has 2 aromatic rings. The average molecular weight is 345 g/mol. The first-order chi connectivity index (χ1) is 10.4. The number of benzene rings is 1. The van der Waals surface area contributed by atoms with Crippen LogP contribution >= 0.6 is 11.3 Å². The maximum absolute atomic E-state index is 10.2. The summed E-state index contributed by atoms with van der Waals surface area (Å²) in [6.07, 6.45) is 1.95. The molecule has 122 valence electrons. The van der Waals surface area contributed by atoms with Crippen LogP contribution in [-0.4, -0.2) is 34.2 Å². The fourth-order valence-corrected chi connectivity index (χ4v) is 2.72. The number of aromatic nitrogens is 1. The minimum atomic E-state index is -3.67. The number of hydrogen-bond donors (Lipinski definition) is 0. The molecule has 1 aromatic heterocycles. The van der Waals surface area contributed by atoms with Crippen LogP contribution in [0.5, 0.6) is 0 Å². The summed E-state index contributed by atoms with van der Waals surface area (Å²) in [6, 6.07) is 8.12. The standard InChI is InChI=1S/C11H11NOS.C3H8O4S/c1-8(13-2)7-11-12-9-5-3-4-6-10(9)14-11;1-3-7-8(4,5)6-2/h3-7H,1-2H3;3H2,1-2H3. The van der Waals surface area contributed by atoms with Crippen molar-refractivity contribution in [3.63, 3.8) is 0 Å². The predicted octanol–water partition coefficient (Wildman–Crippen LogP) is 3.22. The van der Waals surface area contributed by atoms with E-state index in [0.717, 1.165) is 23.4 Å². The van der Waals surface area contributed by atoms with Crippen molar-refractivity contribution in [1.82, 2.24) is 4.98 Å². The molecule has 0 bridgehead atoms. The molecule has 0 aliphatic carbocycles. The van der Waals surface area contributed by atoms with Gasteiger partial charge in [-0.2, -0.15) is 8.42 Å². The van der Waals surface area contributed by atoms with Crippen molar-refractivity contribution < 1.29 is 21.5 Å². The molecule has 0 unspecified atom stereocenters. The first-order valence-corrected chi connectivity index (χ1v) is 8.59. The number of allylic oxidation sites excluding steroid dienone is 1. The maximum atomic E-state index is 10.2. The summed E-state index contributed by atoms with van der Waals surface area (Å²) in [6.45, 7) is 3.60. The van der Waals surface area contributed by atoms with E-state index in [1.165, 1.54) is 4.70 Å². The Balaban J connectivity index is 0.000000261. The summed E-state index contributed by atoms with van der Waals surface area (Å²) in [5, 5.41) is 0.991. The third-order valence-corrected chi connectivity index (χ3v) is 4.34. The van der Waals surface area contributed by atoms with Crippen LogP contribution in [-0.2, 0) is 23.5 Å². The Labute approximate surface area is 134 Å². The molecule has 1 heterocycles. The molecule has 0 N–H and O–H groups in total. The second-order valence-electron chi connectivity index (χ2n) is 3.96. The van der Waals surface area contributed by atoms with Gasteiger partial charge in [0.2, 0.25) is 0 Å². The summed E-state index contributed by atoms with van der Waals surface area (Å²) in [4.78, 5) is 4.46. The number of nitrogens with zero attached hydrogens (tertiary/aromatic N) is 1. The van der Waals surface area contributed by atoms with Crippen molar-refractivity contribution in [2.45, 2.75) is 13.8 Å². The molecular weight excluding hydrogens is 326 g/mol. The fraction of sp³-hybridized carbons (Fsp3) is 0.357. The third-order valence-electron chi connectivity index (χ3n) is 2.43.